The van der Waals surface area contributed by atoms with E-state index in [1.54, 1.807) is 0 Å². The van der Waals surface area contributed by atoms with Crippen LogP contribution in [0.4, 0.5) is 0 Å². The molecule has 0 bridgehead atoms. The van der Waals surface area contributed by atoms with Crippen molar-refractivity contribution in [1.29, 1.82) is 0 Å². The first-order chi connectivity index (χ1) is 23.6. The van der Waals surface area contributed by atoms with Crippen LogP contribution in [0.25, 0.3) is 0 Å². The normalized spacial score (nSPS) is 12.7. The second-order valence-corrected chi connectivity index (χ2v) is 13.8. The summed E-state index contributed by atoms with van der Waals surface area (Å²) in [6.07, 6.45) is 52.9. The summed E-state index contributed by atoms with van der Waals surface area (Å²) in [6, 6.07) is 0. The second-order valence-electron chi connectivity index (χ2n) is 13.8. The van der Waals surface area contributed by atoms with E-state index in [0.717, 1.165) is 70.6 Å². The van der Waals surface area contributed by atoms with E-state index in [1.807, 2.05) is 0 Å². The molecule has 0 rings (SSSR count). The smallest absolute Gasteiger partial charge is 0.345 e. The van der Waals surface area contributed by atoms with Gasteiger partial charge in [-0.15, -0.1) is 0 Å². The Labute approximate surface area is 298 Å². The zero-order valence-electron chi connectivity index (χ0n) is 31.8. The fourth-order valence-corrected chi connectivity index (χ4v) is 5.95. The molecule has 0 spiro atoms. The molecule has 278 valence electrons. The lowest BCUT2D eigenvalue weighted by molar-refractivity contribution is -0.164. The van der Waals surface area contributed by atoms with Gasteiger partial charge in [-0.2, -0.15) is 0 Å². The van der Waals surface area contributed by atoms with E-state index in [-0.39, 0.29) is 5.97 Å². The van der Waals surface area contributed by atoms with Crippen molar-refractivity contribution in [2.75, 3.05) is 0 Å². The van der Waals surface area contributed by atoms with E-state index in [0.29, 0.717) is 12.8 Å². The van der Waals surface area contributed by atoms with E-state index in [1.165, 1.54) is 116 Å². The van der Waals surface area contributed by atoms with Gasteiger partial charge in [-0.1, -0.05) is 191 Å². The number of ether oxygens (including phenoxy) is 1. The number of carboxylic acids is 1. The van der Waals surface area contributed by atoms with Crippen LogP contribution in [0.2, 0.25) is 0 Å². The van der Waals surface area contributed by atoms with Crippen molar-refractivity contribution in [3.05, 3.63) is 48.6 Å². The Bertz CT molecular complexity index is 809. The highest BCUT2D eigenvalue weighted by atomic mass is 16.6. The molecule has 0 aliphatic rings. The van der Waals surface area contributed by atoms with Crippen LogP contribution in [0.1, 0.15) is 213 Å². The first kappa shape index (κ1) is 45.9. The van der Waals surface area contributed by atoms with E-state index in [4.69, 9.17) is 4.74 Å². The van der Waals surface area contributed by atoms with Gasteiger partial charge in [0.1, 0.15) is 0 Å². The van der Waals surface area contributed by atoms with Gasteiger partial charge in [0.25, 0.3) is 0 Å². The van der Waals surface area contributed by atoms with E-state index >= 15 is 0 Å². The first-order valence-electron chi connectivity index (χ1n) is 20.6. The molecule has 0 aromatic rings. The number of unbranched alkanes of at least 4 members (excludes halogenated alkanes) is 23. The fraction of sp³-hybridized carbons (Fsp3) is 0.773. The Kier molecular flexibility index (Phi) is 37.6. The molecule has 0 heterocycles. The summed E-state index contributed by atoms with van der Waals surface area (Å²) in [4.78, 5) is 23.8. The highest BCUT2D eigenvalue weighted by Gasteiger charge is 2.21. The summed E-state index contributed by atoms with van der Waals surface area (Å²) in [7, 11) is 0. The number of hydrogen-bond acceptors (Lipinski definition) is 3. The van der Waals surface area contributed by atoms with Crippen molar-refractivity contribution < 1.29 is 19.4 Å². The Morgan fingerprint density at radius 3 is 1.23 bits per heavy atom. The van der Waals surface area contributed by atoms with Crippen LogP contribution in [0.3, 0.4) is 0 Å². The Morgan fingerprint density at radius 2 is 0.792 bits per heavy atom. The van der Waals surface area contributed by atoms with Crippen LogP contribution < -0.4 is 0 Å². The fourth-order valence-electron chi connectivity index (χ4n) is 5.95. The van der Waals surface area contributed by atoms with Crippen molar-refractivity contribution in [2.24, 2.45) is 0 Å². The van der Waals surface area contributed by atoms with Gasteiger partial charge < -0.3 is 9.84 Å². The SMILES string of the molecule is CCCCC/C=C\C/C=C\C/C=C\C/C=C\CCCCCCCC(=O)OC(CCCCCCCCCCCCCCCCCC)C(=O)O. The summed E-state index contributed by atoms with van der Waals surface area (Å²) in [5.74, 6) is -1.37. The molecule has 1 N–H and O–H groups in total. The third-order valence-corrected chi connectivity index (χ3v) is 9.08. The highest BCUT2D eigenvalue weighted by molar-refractivity contribution is 5.77. The van der Waals surface area contributed by atoms with Crippen LogP contribution in [-0.4, -0.2) is 23.1 Å². The topological polar surface area (TPSA) is 63.6 Å². The summed E-state index contributed by atoms with van der Waals surface area (Å²) in [5, 5.41) is 9.50. The van der Waals surface area contributed by atoms with Gasteiger partial charge in [0.15, 0.2) is 6.10 Å². The largest absolute Gasteiger partial charge is 0.479 e. The molecule has 1 atom stereocenters. The lowest BCUT2D eigenvalue weighted by Gasteiger charge is -2.13. The molecule has 0 saturated heterocycles. The molecule has 0 aliphatic heterocycles. The maximum absolute atomic E-state index is 12.2. The second kappa shape index (κ2) is 39.3. The van der Waals surface area contributed by atoms with E-state index in [2.05, 4.69) is 62.5 Å². The summed E-state index contributed by atoms with van der Waals surface area (Å²) < 4.78 is 5.32. The molecule has 0 fully saturated rings. The van der Waals surface area contributed by atoms with Gasteiger partial charge in [0, 0.05) is 6.42 Å². The van der Waals surface area contributed by atoms with Gasteiger partial charge in [-0.3, -0.25) is 4.79 Å². The summed E-state index contributed by atoms with van der Waals surface area (Å²) in [6.45, 7) is 4.52. The number of hydrogen-bond donors (Lipinski definition) is 1. The lowest BCUT2D eigenvalue weighted by Crippen LogP contribution is -2.27. The monoisotopic (exact) mass is 671 g/mol. The Hall–Kier alpha value is -2.10. The van der Waals surface area contributed by atoms with Crippen LogP contribution >= 0.6 is 0 Å². The van der Waals surface area contributed by atoms with Crippen LogP contribution in [-0.2, 0) is 14.3 Å². The Balaban J connectivity index is 3.61. The van der Waals surface area contributed by atoms with Crippen LogP contribution in [0.5, 0.6) is 0 Å². The third-order valence-electron chi connectivity index (χ3n) is 9.08. The molecule has 0 aliphatic carbocycles. The zero-order chi connectivity index (χ0) is 35.0. The standard InChI is InChI=1S/C44H78O4/c1-3-5-7-9-11-13-15-17-19-21-22-23-24-25-27-29-31-33-35-37-39-41-43(45)48-42(44(46)47)40-38-36-34-32-30-28-26-20-18-16-14-12-10-8-6-4-2/h11,13,17,19,22-23,25,27,42H,3-10,12,14-16,18,20-21,24,26,28-41H2,1-2H3,(H,46,47)/b13-11-,19-17-,23-22-,27-25-. The maximum atomic E-state index is 12.2. The molecule has 48 heavy (non-hydrogen) atoms. The number of carboxylic acid groups (broad SMARTS) is 1. The van der Waals surface area contributed by atoms with Crippen molar-refractivity contribution in [3.8, 4) is 0 Å². The molecule has 4 heteroatoms. The first-order valence-corrected chi connectivity index (χ1v) is 20.6. The van der Waals surface area contributed by atoms with Gasteiger partial charge in [0.2, 0.25) is 0 Å². The quantitative estimate of drug-likeness (QED) is 0.0406. The predicted molar refractivity (Wildman–Crippen MR) is 209 cm³/mol. The van der Waals surface area contributed by atoms with Crippen molar-refractivity contribution in [3.63, 3.8) is 0 Å². The van der Waals surface area contributed by atoms with Crippen molar-refractivity contribution >= 4 is 11.9 Å². The number of carbonyl (C=O) groups is 2. The molecule has 0 aromatic heterocycles. The molecular formula is C44H78O4. The molecule has 0 saturated carbocycles. The number of carbonyl (C=O) groups excluding carboxylic acids is 1. The summed E-state index contributed by atoms with van der Waals surface area (Å²) in [5.41, 5.74) is 0. The maximum Gasteiger partial charge on any atom is 0.345 e. The van der Waals surface area contributed by atoms with Crippen molar-refractivity contribution in [2.45, 2.75) is 219 Å². The molecule has 4 nitrogen and oxygen atoms in total. The number of rotatable bonds is 37. The Morgan fingerprint density at radius 1 is 0.458 bits per heavy atom. The minimum absolute atomic E-state index is 0.319. The van der Waals surface area contributed by atoms with Crippen molar-refractivity contribution in [1.82, 2.24) is 0 Å². The molecule has 1 unspecified atom stereocenters. The van der Waals surface area contributed by atoms with E-state index in [9.17, 15) is 14.7 Å². The molecule has 0 amide bonds. The average molecular weight is 671 g/mol. The molecule has 0 aromatic carbocycles. The van der Waals surface area contributed by atoms with Gasteiger partial charge in [0.05, 0.1) is 0 Å². The zero-order valence-corrected chi connectivity index (χ0v) is 31.8. The van der Waals surface area contributed by atoms with Gasteiger partial charge in [-0.05, 0) is 64.2 Å². The average Bonchev–Trinajstić information content (AvgIpc) is 3.08. The van der Waals surface area contributed by atoms with Gasteiger partial charge >= 0.3 is 11.9 Å². The predicted octanol–water partition coefficient (Wildman–Crippen LogP) is 14.3. The number of allylic oxidation sites excluding steroid dienone is 8. The van der Waals surface area contributed by atoms with Gasteiger partial charge in [-0.25, -0.2) is 4.79 Å². The summed E-state index contributed by atoms with van der Waals surface area (Å²) >= 11 is 0. The number of aliphatic carboxylic acids is 1. The molecule has 0 radical (unpaired) electrons. The highest BCUT2D eigenvalue weighted by Crippen LogP contribution is 2.16. The lowest BCUT2D eigenvalue weighted by atomic mass is 10.0. The van der Waals surface area contributed by atoms with E-state index < -0.39 is 12.1 Å². The van der Waals surface area contributed by atoms with Crippen LogP contribution in [0.15, 0.2) is 48.6 Å². The van der Waals surface area contributed by atoms with Crippen LogP contribution in [0, 0.1) is 0 Å². The minimum atomic E-state index is -1.01. The molecular weight excluding hydrogens is 592 g/mol. The minimum Gasteiger partial charge on any atom is -0.479 e. The third kappa shape index (κ3) is 36.7. The number of esters is 1.